The molecule has 1 aromatic carbocycles. The van der Waals surface area contributed by atoms with E-state index >= 15 is 0 Å². The van der Waals surface area contributed by atoms with Gasteiger partial charge in [0.25, 0.3) is 0 Å². The first-order valence-corrected chi connectivity index (χ1v) is 10.1. The maximum Gasteiger partial charge on any atom is 0.242 e. The van der Waals surface area contributed by atoms with E-state index in [-0.39, 0.29) is 52.0 Å². The van der Waals surface area contributed by atoms with Crippen molar-refractivity contribution in [2.75, 3.05) is 13.1 Å². The van der Waals surface area contributed by atoms with E-state index in [0.717, 1.165) is 12.8 Å². The van der Waals surface area contributed by atoms with Gasteiger partial charge in [-0.3, -0.25) is 4.99 Å². The molecule has 0 radical (unpaired) electrons. The van der Waals surface area contributed by atoms with Gasteiger partial charge in [-0.1, -0.05) is 48.5 Å². The Morgan fingerprint density at radius 3 is 2.60 bits per heavy atom. The van der Waals surface area contributed by atoms with E-state index in [0.29, 0.717) is 12.0 Å². The van der Waals surface area contributed by atoms with E-state index in [2.05, 4.69) is 15.0 Å². The molecular formula is C15H23Cl2IN4O2S. The Hall–Kier alpha value is -0.290. The minimum atomic E-state index is -3.74. The number of hydrogen-bond donors (Lipinski definition) is 3. The van der Waals surface area contributed by atoms with Crippen molar-refractivity contribution in [1.82, 2.24) is 10.0 Å². The van der Waals surface area contributed by atoms with Crippen molar-refractivity contribution < 1.29 is 8.42 Å². The first-order valence-electron chi connectivity index (χ1n) is 7.90. The van der Waals surface area contributed by atoms with Crippen molar-refractivity contribution in [2.24, 2.45) is 10.7 Å². The van der Waals surface area contributed by atoms with Gasteiger partial charge in [-0.15, -0.1) is 24.0 Å². The van der Waals surface area contributed by atoms with Crippen LogP contribution in [0.15, 0.2) is 28.1 Å². The van der Waals surface area contributed by atoms with Gasteiger partial charge in [-0.2, -0.15) is 0 Å². The zero-order valence-electron chi connectivity index (χ0n) is 13.7. The first-order chi connectivity index (χ1) is 11.4. The van der Waals surface area contributed by atoms with Crippen LogP contribution < -0.4 is 15.8 Å². The summed E-state index contributed by atoms with van der Waals surface area (Å²) < 4.78 is 26.9. The summed E-state index contributed by atoms with van der Waals surface area (Å²) in [6.45, 7) is 0.362. The van der Waals surface area contributed by atoms with Crippen molar-refractivity contribution in [2.45, 2.75) is 43.0 Å². The fourth-order valence-electron chi connectivity index (χ4n) is 2.63. The van der Waals surface area contributed by atoms with Gasteiger partial charge < -0.3 is 11.1 Å². The highest BCUT2D eigenvalue weighted by molar-refractivity contribution is 14.0. The third kappa shape index (κ3) is 7.09. The van der Waals surface area contributed by atoms with E-state index < -0.39 is 10.0 Å². The lowest BCUT2D eigenvalue weighted by atomic mass is 9.96. The maximum atomic E-state index is 12.2. The van der Waals surface area contributed by atoms with Crippen molar-refractivity contribution in [1.29, 1.82) is 0 Å². The molecule has 10 heteroatoms. The summed E-state index contributed by atoms with van der Waals surface area (Å²) in [5, 5.41) is 3.38. The highest BCUT2D eigenvalue weighted by Gasteiger charge is 2.18. The summed E-state index contributed by atoms with van der Waals surface area (Å²) in [6, 6.07) is 4.83. The summed E-state index contributed by atoms with van der Waals surface area (Å²) >= 11 is 11.8. The lowest BCUT2D eigenvalue weighted by molar-refractivity contribution is 0.412. The van der Waals surface area contributed by atoms with Crippen molar-refractivity contribution in [3.05, 3.63) is 28.2 Å². The summed E-state index contributed by atoms with van der Waals surface area (Å²) in [4.78, 5) is 4.11. The zero-order valence-corrected chi connectivity index (χ0v) is 18.3. The predicted molar refractivity (Wildman–Crippen MR) is 114 cm³/mol. The first kappa shape index (κ1) is 22.8. The van der Waals surface area contributed by atoms with Crippen LogP contribution in [0.4, 0.5) is 0 Å². The summed E-state index contributed by atoms with van der Waals surface area (Å²) in [5.74, 6) is 0.349. The van der Waals surface area contributed by atoms with Gasteiger partial charge in [0, 0.05) is 12.6 Å². The lowest BCUT2D eigenvalue weighted by Gasteiger charge is -2.23. The van der Waals surface area contributed by atoms with Gasteiger partial charge in [0.15, 0.2) is 5.96 Å². The van der Waals surface area contributed by atoms with Gasteiger partial charge in [-0.05, 0) is 25.0 Å². The number of nitrogens with one attached hydrogen (secondary N) is 2. The molecule has 0 unspecified atom stereocenters. The van der Waals surface area contributed by atoms with Crippen LogP contribution >= 0.6 is 47.2 Å². The number of benzene rings is 1. The molecule has 1 saturated carbocycles. The molecule has 0 spiro atoms. The van der Waals surface area contributed by atoms with Crippen molar-refractivity contribution in [3.63, 3.8) is 0 Å². The zero-order chi connectivity index (χ0) is 17.6. The van der Waals surface area contributed by atoms with Gasteiger partial charge >= 0.3 is 0 Å². The average Bonchev–Trinajstić information content (AvgIpc) is 2.55. The second-order valence-corrected chi connectivity index (χ2v) is 8.22. The Kier molecular flexibility index (Phi) is 9.79. The Labute approximate surface area is 176 Å². The number of aliphatic imine (C=N–C) groups is 1. The number of rotatable bonds is 6. The largest absolute Gasteiger partial charge is 0.370 e. The molecule has 0 bridgehead atoms. The Bertz CT molecular complexity index is 695. The van der Waals surface area contributed by atoms with Crippen LogP contribution in [0, 0.1) is 0 Å². The van der Waals surface area contributed by atoms with Gasteiger partial charge in [0.1, 0.15) is 4.90 Å². The monoisotopic (exact) mass is 520 g/mol. The van der Waals surface area contributed by atoms with Crippen LogP contribution in [-0.2, 0) is 10.0 Å². The topological polar surface area (TPSA) is 96.6 Å². The molecule has 6 nitrogen and oxygen atoms in total. The third-order valence-corrected chi connectivity index (χ3v) is 6.28. The second-order valence-electron chi connectivity index (χ2n) is 5.70. The van der Waals surface area contributed by atoms with Gasteiger partial charge in [0.2, 0.25) is 10.0 Å². The fourth-order valence-corrected chi connectivity index (χ4v) is 4.41. The molecule has 4 N–H and O–H groups in total. The molecule has 0 amide bonds. The quantitative estimate of drug-likeness (QED) is 0.232. The fraction of sp³-hybridized carbons (Fsp3) is 0.533. The molecule has 0 heterocycles. The summed E-state index contributed by atoms with van der Waals surface area (Å²) in [6.07, 6.45) is 5.85. The molecule has 0 aliphatic heterocycles. The van der Waals surface area contributed by atoms with E-state index in [1.165, 1.54) is 37.5 Å². The molecule has 0 aromatic heterocycles. The molecular weight excluding hydrogens is 498 g/mol. The lowest BCUT2D eigenvalue weighted by Crippen LogP contribution is -2.41. The Morgan fingerprint density at radius 2 is 1.92 bits per heavy atom. The molecule has 2 rings (SSSR count). The average molecular weight is 521 g/mol. The van der Waals surface area contributed by atoms with Gasteiger partial charge in [-0.25, -0.2) is 13.1 Å². The van der Waals surface area contributed by atoms with Crippen LogP contribution in [0.2, 0.25) is 10.0 Å². The Morgan fingerprint density at radius 1 is 1.24 bits per heavy atom. The van der Waals surface area contributed by atoms with Crippen molar-refractivity contribution >= 4 is 63.2 Å². The highest BCUT2D eigenvalue weighted by Crippen LogP contribution is 2.28. The van der Waals surface area contributed by atoms with E-state index in [1.54, 1.807) is 0 Å². The number of halogens is 3. The number of nitrogens with two attached hydrogens (primary N) is 1. The van der Waals surface area contributed by atoms with Crippen LogP contribution in [0.3, 0.4) is 0 Å². The van der Waals surface area contributed by atoms with Crippen LogP contribution in [0.25, 0.3) is 0 Å². The normalized spacial score (nSPS) is 16.3. The maximum absolute atomic E-state index is 12.2. The standard InChI is InChI=1S/C15H22Cl2N4O2S.HI/c16-12-7-4-8-13(14(12)17)24(22,23)20-10-9-19-15(18)21-11-5-2-1-3-6-11;/h4,7-8,11,20H,1-3,5-6,9-10H2,(H3,18,19,21);1H. The third-order valence-electron chi connectivity index (χ3n) is 3.85. The number of sulfonamides is 1. The molecule has 1 aliphatic carbocycles. The van der Waals surface area contributed by atoms with Crippen LogP contribution in [0.5, 0.6) is 0 Å². The molecule has 0 atom stereocenters. The molecule has 1 aliphatic rings. The number of nitrogens with zero attached hydrogens (tertiary/aromatic N) is 1. The van der Waals surface area contributed by atoms with Crippen LogP contribution in [0.1, 0.15) is 32.1 Å². The molecule has 0 saturated heterocycles. The molecule has 142 valence electrons. The SMILES string of the molecule is I.NC(=NCCNS(=O)(=O)c1cccc(Cl)c1Cl)NC1CCCCC1. The van der Waals surface area contributed by atoms with Crippen molar-refractivity contribution in [3.8, 4) is 0 Å². The molecule has 25 heavy (non-hydrogen) atoms. The predicted octanol–water partition coefficient (Wildman–Crippen LogP) is 3.13. The smallest absolute Gasteiger partial charge is 0.242 e. The van der Waals surface area contributed by atoms with E-state index in [9.17, 15) is 8.42 Å². The van der Waals surface area contributed by atoms with Gasteiger partial charge in [0.05, 0.1) is 16.6 Å². The minimum Gasteiger partial charge on any atom is -0.370 e. The Balaban J connectivity index is 0.00000312. The molecule has 1 aromatic rings. The number of guanidine groups is 1. The minimum absolute atomic E-state index is 0. The van der Waals surface area contributed by atoms with Crippen LogP contribution in [-0.4, -0.2) is 33.5 Å². The highest BCUT2D eigenvalue weighted by atomic mass is 127. The summed E-state index contributed by atoms with van der Waals surface area (Å²) in [5.41, 5.74) is 5.83. The van der Waals surface area contributed by atoms with E-state index in [1.807, 2.05) is 0 Å². The second kappa shape index (κ2) is 10.8. The molecule has 1 fully saturated rings. The summed E-state index contributed by atoms with van der Waals surface area (Å²) in [7, 11) is -3.74. The number of hydrogen-bond acceptors (Lipinski definition) is 3. The van der Waals surface area contributed by atoms with E-state index in [4.69, 9.17) is 28.9 Å².